The lowest BCUT2D eigenvalue weighted by molar-refractivity contribution is -0.123. The van der Waals surface area contributed by atoms with E-state index in [0.29, 0.717) is 33.1 Å². The summed E-state index contributed by atoms with van der Waals surface area (Å²) in [5.41, 5.74) is 3.24. The average molecular weight is 503 g/mol. The number of halogens is 2. The summed E-state index contributed by atoms with van der Waals surface area (Å²) in [5, 5.41) is 8.34. The van der Waals surface area contributed by atoms with Crippen LogP contribution in [0.1, 0.15) is 5.56 Å². The molecule has 1 amide bonds. The highest BCUT2D eigenvalue weighted by atomic mass is 79.9. The molecular weight excluding hydrogens is 490 g/mol. The third-order valence-electron chi connectivity index (χ3n) is 4.16. The molecule has 10 heteroatoms. The fourth-order valence-electron chi connectivity index (χ4n) is 2.73. The van der Waals surface area contributed by atoms with Crippen LogP contribution in [0.2, 0.25) is 5.02 Å². The zero-order chi connectivity index (χ0) is 21.8. The Kier molecular flexibility index (Phi) is 6.15. The molecule has 0 atom stereocenters. The van der Waals surface area contributed by atoms with Gasteiger partial charge in [-0.15, -0.1) is 0 Å². The molecule has 2 aromatic carbocycles. The highest BCUT2D eigenvalue weighted by molar-refractivity contribution is 9.10. The highest BCUT2D eigenvalue weighted by Gasteiger charge is 2.12. The summed E-state index contributed by atoms with van der Waals surface area (Å²) in [7, 11) is 0. The average Bonchev–Trinajstić information content (AvgIpc) is 3.29. The maximum Gasteiger partial charge on any atom is 0.277 e. The number of rotatable bonds is 6. The molecule has 31 heavy (non-hydrogen) atoms. The normalized spacial score (nSPS) is 11.2. The first kappa shape index (κ1) is 20.8. The molecule has 0 saturated carbocycles. The Balaban J connectivity index is 1.42. The summed E-state index contributed by atoms with van der Waals surface area (Å²) >= 11 is 9.35. The van der Waals surface area contributed by atoms with E-state index < -0.39 is 5.91 Å². The molecule has 0 aliphatic rings. The van der Waals surface area contributed by atoms with Gasteiger partial charge < -0.3 is 13.7 Å². The predicted molar refractivity (Wildman–Crippen MR) is 118 cm³/mol. The van der Waals surface area contributed by atoms with E-state index in [0.717, 1.165) is 4.47 Å². The molecule has 0 bridgehead atoms. The van der Waals surface area contributed by atoms with Gasteiger partial charge in [-0.05, 0) is 36.4 Å². The standard InChI is InChI=1S/C21H13BrClN3O5/c22-13-1-3-18-16(7-13)21(28)12(10-29-18)9-24-26-20(27)11-30-17-4-2-14(23)8-15(17)19-5-6-25-31-19/h1-10H,11H2,(H,26,27)/b24-9+. The van der Waals surface area contributed by atoms with Crippen LogP contribution >= 0.6 is 27.5 Å². The maximum atomic E-state index is 12.5. The summed E-state index contributed by atoms with van der Waals surface area (Å²) < 4.78 is 16.9. The van der Waals surface area contributed by atoms with Gasteiger partial charge in [-0.25, -0.2) is 5.43 Å². The van der Waals surface area contributed by atoms with Gasteiger partial charge in [-0.2, -0.15) is 5.10 Å². The van der Waals surface area contributed by atoms with Crippen LogP contribution in [-0.2, 0) is 4.79 Å². The molecule has 0 spiro atoms. The minimum atomic E-state index is -0.525. The fourth-order valence-corrected chi connectivity index (χ4v) is 3.27. The summed E-state index contributed by atoms with van der Waals surface area (Å²) in [6, 6.07) is 11.7. The second-order valence-electron chi connectivity index (χ2n) is 6.26. The highest BCUT2D eigenvalue weighted by Crippen LogP contribution is 2.32. The SMILES string of the molecule is O=C(COc1ccc(Cl)cc1-c1ccno1)N/N=C/c1coc2ccc(Br)cc2c1=O. The third-order valence-corrected chi connectivity index (χ3v) is 4.89. The summed E-state index contributed by atoms with van der Waals surface area (Å²) in [5.74, 6) is 0.314. The second kappa shape index (κ2) is 9.15. The maximum absolute atomic E-state index is 12.5. The molecule has 2 aromatic heterocycles. The van der Waals surface area contributed by atoms with Crippen LogP contribution in [0.3, 0.4) is 0 Å². The lowest BCUT2D eigenvalue weighted by Gasteiger charge is -2.09. The van der Waals surface area contributed by atoms with Crippen LogP contribution in [-0.4, -0.2) is 23.9 Å². The Bertz CT molecular complexity index is 1330. The van der Waals surface area contributed by atoms with Crippen LogP contribution in [0.15, 0.2) is 78.2 Å². The zero-order valence-corrected chi connectivity index (χ0v) is 18.0. The number of amides is 1. The predicted octanol–water partition coefficient (Wildman–Crippen LogP) is 4.39. The van der Waals surface area contributed by atoms with E-state index in [1.807, 2.05) is 0 Å². The summed E-state index contributed by atoms with van der Waals surface area (Å²) in [6.45, 7) is -0.320. The van der Waals surface area contributed by atoms with E-state index in [4.69, 9.17) is 25.3 Å². The van der Waals surface area contributed by atoms with Gasteiger partial charge in [0.25, 0.3) is 5.91 Å². The molecule has 2 heterocycles. The van der Waals surface area contributed by atoms with Crippen LogP contribution in [0, 0.1) is 0 Å². The van der Waals surface area contributed by atoms with E-state index in [1.165, 1.54) is 18.7 Å². The van der Waals surface area contributed by atoms with Crippen LogP contribution in [0.4, 0.5) is 0 Å². The van der Waals surface area contributed by atoms with Crippen molar-refractivity contribution in [2.75, 3.05) is 6.61 Å². The summed E-state index contributed by atoms with van der Waals surface area (Å²) in [6.07, 6.45) is 3.98. The number of benzene rings is 2. The third kappa shape index (κ3) is 4.84. The van der Waals surface area contributed by atoms with E-state index in [9.17, 15) is 9.59 Å². The van der Waals surface area contributed by atoms with Gasteiger partial charge in [-0.1, -0.05) is 32.7 Å². The molecule has 1 N–H and O–H groups in total. The second-order valence-corrected chi connectivity index (χ2v) is 7.61. The molecule has 0 unspecified atom stereocenters. The molecule has 8 nitrogen and oxygen atoms in total. The van der Waals surface area contributed by atoms with Crippen LogP contribution in [0.25, 0.3) is 22.3 Å². The number of carbonyl (C=O) groups is 1. The lowest BCUT2D eigenvalue weighted by atomic mass is 10.1. The topological polar surface area (TPSA) is 107 Å². The first-order valence-electron chi connectivity index (χ1n) is 8.87. The van der Waals surface area contributed by atoms with E-state index >= 15 is 0 Å². The van der Waals surface area contributed by atoms with Gasteiger partial charge in [-0.3, -0.25) is 9.59 Å². The lowest BCUT2D eigenvalue weighted by Crippen LogP contribution is -2.25. The number of hydrazone groups is 1. The van der Waals surface area contributed by atoms with Gasteiger partial charge in [0.2, 0.25) is 5.43 Å². The Labute approximate surface area is 188 Å². The molecular formula is C21H13BrClN3O5. The van der Waals surface area contributed by atoms with Crippen molar-refractivity contribution in [2.45, 2.75) is 0 Å². The van der Waals surface area contributed by atoms with Crippen molar-refractivity contribution in [3.8, 4) is 17.1 Å². The van der Waals surface area contributed by atoms with Gasteiger partial charge in [0, 0.05) is 15.6 Å². The van der Waals surface area contributed by atoms with Crippen molar-refractivity contribution < 1.29 is 18.5 Å². The van der Waals surface area contributed by atoms with Crippen molar-refractivity contribution in [2.24, 2.45) is 5.10 Å². The van der Waals surface area contributed by atoms with Gasteiger partial charge in [0.15, 0.2) is 12.4 Å². The first-order valence-corrected chi connectivity index (χ1v) is 10.0. The fraction of sp³-hybridized carbons (Fsp3) is 0.0476. The van der Waals surface area contributed by atoms with Gasteiger partial charge >= 0.3 is 0 Å². The van der Waals surface area contributed by atoms with E-state index in [-0.39, 0.29) is 17.6 Å². The Morgan fingerprint density at radius 1 is 1.26 bits per heavy atom. The number of fused-ring (bicyclic) bond motifs is 1. The molecule has 4 rings (SSSR count). The molecule has 0 aliphatic carbocycles. The van der Waals surface area contributed by atoms with Crippen molar-refractivity contribution in [1.29, 1.82) is 0 Å². The molecule has 156 valence electrons. The molecule has 0 fully saturated rings. The van der Waals surface area contributed by atoms with Gasteiger partial charge in [0.1, 0.15) is 17.6 Å². The number of nitrogens with one attached hydrogen (secondary N) is 1. The number of hydrogen-bond acceptors (Lipinski definition) is 7. The van der Waals surface area contributed by atoms with Crippen molar-refractivity contribution in [3.05, 3.63) is 80.2 Å². The quantitative estimate of drug-likeness (QED) is 0.309. The Hall–Kier alpha value is -3.43. The zero-order valence-electron chi connectivity index (χ0n) is 15.7. The van der Waals surface area contributed by atoms with E-state index in [2.05, 4.69) is 31.6 Å². The van der Waals surface area contributed by atoms with Crippen molar-refractivity contribution in [1.82, 2.24) is 10.6 Å². The number of ether oxygens (including phenoxy) is 1. The minimum absolute atomic E-state index is 0.192. The van der Waals surface area contributed by atoms with Crippen molar-refractivity contribution in [3.63, 3.8) is 0 Å². The first-order chi connectivity index (χ1) is 15.0. The Morgan fingerprint density at radius 2 is 2.13 bits per heavy atom. The van der Waals surface area contributed by atoms with E-state index in [1.54, 1.807) is 42.5 Å². The molecule has 0 radical (unpaired) electrons. The smallest absolute Gasteiger partial charge is 0.277 e. The molecule has 0 aliphatic heterocycles. The number of hydrogen-bond donors (Lipinski definition) is 1. The summed E-state index contributed by atoms with van der Waals surface area (Å²) in [4.78, 5) is 24.6. The minimum Gasteiger partial charge on any atom is -0.483 e. The Morgan fingerprint density at radius 3 is 2.94 bits per heavy atom. The monoisotopic (exact) mass is 501 g/mol. The number of aromatic nitrogens is 1. The molecule has 4 aromatic rings. The van der Waals surface area contributed by atoms with Gasteiger partial charge in [0.05, 0.1) is 28.9 Å². The van der Waals surface area contributed by atoms with Crippen LogP contribution < -0.4 is 15.6 Å². The largest absolute Gasteiger partial charge is 0.483 e. The number of nitrogens with zero attached hydrogens (tertiary/aromatic N) is 2. The molecule has 0 saturated heterocycles. The van der Waals surface area contributed by atoms with Crippen molar-refractivity contribution >= 4 is 50.6 Å². The number of carbonyl (C=O) groups excluding carboxylic acids is 1. The van der Waals surface area contributed by atoms with Crippen LogP contribution in [0.5, 0.6) is 5.75 Å².